The van der Waals surface area contributed by atoms with Gasteiger partial charge in [-0.05, 0) is 58.1 Å². The first-order valence-electron chi connectivity index (χ1n) is 9.95. The summed E-state index contributed by atoms with van der Waals surface area (Å²) in [4.78, 5) is 12.6. The average Bonchev–Trinajstić information content (AvgIpc) is 3.14. The minimum atomic E-state index is -0.363. The lowest BCUT2D eigenvalue weighted by Gasteiger charge is -2.31. The minimum Gasteiger partial charge on any atom is -0.496 e. The summed E-state index contributed by atoms with van der Waals surface area (Å²) in [6.45, 7) is 2.19. The van der Waals surface area contributed by atoms with Crippen molar-refractivity contribution in [2.24, 2.45) is 11.8 Å². The Morgan fingerprint density at radius 3 is 2.67 bits per heavy atom. The van der Waals surface area contributed by atoms with Gasteiger partial charge < -0.3 is 9.47 Å². The minimum absolute atomic E-state index is 0.171. The Kier molecular flexibility index (Phi) is 4.44. The van der Waals surface area contributed by atoms with E-state index < -0.39 is 0 Å². The first-order chi connectivity index (χ1) is 14.5. The average molecular weight is 417 g/mol. The van der Waals surface area contributed by atoms with Gasteiger partial charge in [-0.25, -0.2) is 4.79 Å². The summed E-state index contributed by atoms with van der Waals surface area (Å²) in [5.41, 5.74) is 6.23. The molecule has 0 spiro atoms. The van der Waals surface area contributed by atoms with Crippen molar-refractivity contribution in [2.45, 2.75) is 6.92 Å². The quantitative estimate of drug-likeness (QED) is 0.557. The summed E-state index contributed by atoms with van der Waals surface area (Å²) < 4.78 is 10.7. The molecule has 0 aliphatic heterocycles. The molecule has 150 valence electrons. The van der Waals surface area contributed by atoms with Gasteiger partial charge in [-0.15, -0.1) is 0 Å². The summed E-state index contributed by atoms with van der Waals surface area (Å²) in [7, 11) is 3.05. The van der Waals surface area contributed by atoms with Crippen LogP contribution >= 0.6 is 11.6 Å². The number of allylic oxidation sites excluding steroid dienone is 10. The van der Waals surface area contributed by atoms with Gasteiger partial charge >= 0.3 is 5.97 Å². The number of ether oxygens (including phenoxy) is 2. The highest BCUT2D eigenvalue weighted by Crippen LogP contribution is 2.52. The lowest BCUT2D eigenvalue weighted by Crippen LogP contribution is -2.19. The number of benzene rings is 2. The van der Waals surface area contributed by atoms with Crippen LogP contribution in [-0.2, 0) is 4.74 Å². The van der Waals surface area contributed by atoms with Gasteiger partial charge in [0.1, 0.15) is 5.75 Å². The van der Waals surface area contributed by atoms with Gasteiger partial charge in [0.05, 0.1) is 19.8 Å². The largest absolute Gasteiger partial charge is 0.496 e. The zero-order valence-corrected chi connectivity index (χ0v) is 17.8. The Bertz CT molecular complexity index is 1260. The number of methoxy groups -OCH3 is 2. The highest BCUT2D eigenvalue weighted by molar-refractivity contribution is 6.30. The lowest BCUT2D eigenvalue weighted by atomic mass is 9.75. The summed E-state index contributed by atoms with van der Waals surface area (Å²) >= 11 is 6.60. The van der Waals surface area contributed by atoms with Gasteiger partial charge in [-0.3, -0.25) is 0 Å². The zero-order chi connectivity index (χ0) is 21.0. The van der Waals surface area contributed by atoms with E-state index in [9.17, 15) is 4.79 Å². The molecule has 3 nitrogen and oxygen atoms in total. The molecular weight excluding hydrogens is 396 g/mol. The van der Waals surface area contributed by atoms with Crippen molar-refractivity contribution >= 4 is 33.9 Å². The van der Waals surface area contributed by atoms with Crippen LogP contribution in [0.4, 0.5) is 0 Å². The van der Waals surface area contributed by atoms with Gasteiger partial charge in [-0.1, -0.05) is 55.0 Å². The molecule has 0 fully saturated rings. The van der Waals surface area contributed by atoms with Crippen molar-refractivity contribution in [2.75, 3.05) is 14.2 Å². The molecule has 0 saturated carbocycles. The third-order valence-electron chi connectivity index (χ3n) is 6.23. The van der Waals surface area contributed by atoms with Crippen LogP contribution in [0, 0.1) is 11.8 Å². The van der Waals surface area contributed by atoms with Crippen molar-refractivity contribution in [3.05, 3.63) is 93.6 Å². The normalized spacial score (nSPS) is 21.8. The van der Waals surface area contributed by atoms with E-state index in [2.05, 4.69) is 31.2 Å². The van der Waals surface area contributed by atoms with E-state index in [1.807, 2.05) is 30.3 Å². The van der Waals surface area contributed by atoms with E-state index in [0.717, 1.165) is 32.7 Å². The maximum atomic E-state index is 12.6. The molecule has 3 aliphatic carbocycles. The second kappa shape index (κ2) is 7.03. The number of hydrogen-bond acceptors (Lipinski definition) is 3. The fourth-order valence-electron chi connectivity index (χ4n) is 4.85. The lowest BCUT2D eigenvalue weighted by molar-refractivity contribution is 0.0603. The molecule has 2 atom stereocenters. The monoisotopic (exact) mass is 416 g/mol. The third-order valence-corrected chi connectivity index (χ3v) is 6.59. The smallest absolute Gasteiger partial charge is 0.338 e. The second-order valence-electron chi connectivity index (χ2n) is 7.79. The first-order valence-corrected chi connectivity index (χ1v) is 10.3. The molecule has 0 heterocycles. The van der Waals surface area contributed by atoms with Gasteiger partial charge in [0.2, 0.25) is 0 Å². The summed E-state index contributed by atoms with van der Waals surface area (Å²) in [6, 6.07) is 9.62. The Morgan fingerprint density at radius 1 is 1.07 bits per heavy atom. The first kappa shape index (κ1) is 19.0. The SMILES string of the molecule is COC(=O)c1cccc2c(OC)ccc(C3=CC4=C5C3=CC=C(Cl)[C@H]5C(C)C=C4)c12. The van der Waals surface area contributed by atoms with Crippen LogP contribution in [0.1, 0.15) is 22.8 Å². The molecule has 0 amide bonds. The van der Waals surface area contributed by atoms with Crippen LogP contribution in [0.25, 0.3) is 16.3 Å². The topological polar surface area (TPSA) is 35.5 Å². The van der Waals surface area contributed by atoms with Crippen molar-refractivity contribution < 1.29 is 14.3 Å². The molecule has 2 aromatic rings. The zero-order valence-electron chi connectivity index (χ0n) is 17.0. The number of rotatable bonds is 3. The van der Waals surface area contributed by atoms with Gasteiger partial charge in [-0.2, -0.15) is 0 Å². The molecule has 4 heteroatoms. The van der Waals surface area contributed by atoms with E-state index in [0.29, 0.717) is 11.5 Å². The molecule has 0 saturated heterocycles. The molecule has 0 N–H and O–H groups in total. The summed E-state index contributed by atoms with van der Waals surface area (Å²) in [6.07, 6.45) is 10.7. The maximum Gasteiger partial charge on any atom is 0.338 e. The summed E-state index contributed by atoms with van der Waals surface area (Å²) in [5.74, 6) is 0.869. The molecule has 0 aromatic heterocycles. The van der Waals surface area contributed by atoms with Crippen molar-refractivity contribution in [1.82, 2.24) is 0 Å². The van der Waals surface area contributed by atoms with E-state index in [-0.39, 0.29) is 11.9 Å². The van der Waals surface area contributed by atoms with Crippen LogP contribution < -0.4 is 4.74 Å². The van der Waals surface area contributed by atoms with Crippen LogP contribution in [0.3, 0.4) is 0 Å². The Hall–Kier alpha value is -3.04. The van der Waals surface area contributed by atoms with Crippen molar-refractivity contribution in [3.63, 3.8) is 0 Å². The molecule has 2 aromatic carbocycles. The maximum absolute atomic E-state index is 12.6. The Labute approximate surface area is 180 Å². The molecule has 0 bridgehead atoms. The molecule has 1 unspecified atom stereocenters. The number of carbonyl (C=O) groups excluding carboxylic acids is 1. The number of halogens is 1. The predicted molar refractivity (Wildman–Crippen MR) is 121 cm³/mol. The second-order valence-corrected chi connectivity index (χ2v) is 8.23. The predicted octanol–water partition coefficient (Wildman–Crippen LogP) is 6.21. The van der Waals surface area contributed by atoms with Crippen LogP contribution in [0.15, 0.2) is 82.5 Å². The number of carbonyl (C=O) groups is 1. The number of hydrogen-bond donors (Lipinski definition) is 0. The fourth-order valence-corrected chi connectivity index (χ4v) is 5.22. The molecule has 30 heavy (non-hydrogen) atoms. The Morgan fingerprint density at radius 2 is 1.90 bits per heavy atom. The highest BCUT2D eigenvalue weighted by Gasteiger charge is 2.36. The van der Waals surface area contributed by atoms with Gasteiger partial charge in [0, 0.05) is 21.7 Å². The number of esters is 1. The van der Waals surface area contributed by atoms with Crippen molar-refractivity contribution in [3.8, 4) is 5.75 Å². The Balaban J connectivity index is 1.78. The van der Waals surface area contributed by atoms with E-state index in [1.54, 1.807) is 13.2 Å². The fraction of sp³-hybridized carbons (Fsp3) is 0.192. The van der Waals surface area contributed by atoms with Gasteiger partial charge in [0.15, 0.2) is 0 Å². The highest BCUT2D eigenvalue weighted by atomic mass is 35.5. The van der Waals surface area contributed by atoms with E-state index in [4.69, 9.17) is 21.1 Å². The molecule has 3 aliphatic rings. The van der Waals surface area contributed by atoms with Crippen molar-refractivity contribution in [1.29, 1.82) is 0 Å². The van der Waals surface area contributed by atoms with Crippen LogP contribution in [0.5, 0.6) is 5.75 Å². The van der Waals surface area contributed by atoms with Crippen LogP contribution in [0.2, 0.25) is 0 Å². The van der Waals surface area contributed by atoms with E-state index >= 15 is 0 Å². The standard InChI is InChI=1S/C26H21ClO3/c1-14-7-8-15-13-20(16-9-11-21(27)23(14)24(15)16)17-10-12-22(29-2)18-5-4-6-19(25(17)18)26(28)30-3/h4-14,23H,1-3H3/t14?,23-/m1/s1. The van der Waals surface area contributed by atoms with Crippen LogP contribution in [-0.4, -0.2) is 20.2 Å². The third kappa shape index (κ3) is 2.62. The molecule has 0 radical (unpaired) electrons. The van der Waals surface area contributed by atoms with E-state index in [1.165, 1.54) is 23.8 Å². The molecular formula is C26H21ClO3. The summed E-state index contributed by atoms with van der Waals surface area (Å²) in [5, 5.41) is 2.59. The molecule has 5 rings (SSSR count). The van der Waals surface area contributed by atoms with Gasteiger partial charge in [0.25, 0.3) is 0 Å². The number of fused-ring (bicyclic) bond motifs is 1.